The summed E-state index contributed by atoms with van der Waals surface area (Å²) < 4.78 is 1.19. The Labute approximate surface area is 70.5 Å². The summed E-state index contributed by atoms with van der Waals surface area (Å²) in [7, 11) is 0. The summed E-state index contributed by atoms with van der Waals surface area (Å²) in [6.45, 7) is 3.48. The van der Waals surface area contributed by atoms with Crippen molar-refractivity contribution in [3.05, 3.63) is 0 Å². The first-order valence-electron chi connectivity index (χ1n) is 3.39. The lowest BCUT2D eigenvalue weighted by Crippen LogP contribution is -2.24. The molecule has 60 valence electrons. The average Bonchev–Trinajstić information content (AvgIpc) is 2.07. The van der Waals surface area contributed by atoms with Crippen LogP contribution in [-0.2, 0) is 9.59 Å². The fourth-order valence-electron chi connectivity index (χ4n) is 1.09. The molecule has 0 N–H and O–H groups in total. The number of hydrogen-bond donors (Lipinski definition) is 1. The lowest BCUT2D eigenvalue weighted by molar-refractivity contribution is -0.372. The van der Waals surface area contributed by atoms with E-state index in [1.165, 1.54) is 4.58 Å². The number of carbonyl (C=O) groups excluding carboxylic acids is 2. The van der Waals surface area contributed by atoms with Gasteiger partial charge in [-0.2, -0.15) is 12.6 Å². The SMILES string of the molecule is CC(C)=[N+]1C(=O)CC(S)C1=O. The molecule has 0 aromatic carbocycles. The number of hydrogen-bond acceptors (Lipinski definition) is 3. The van der Waals surface area contributed by atoms with Gasteiger partial charge in [-0.15, -0.1) is 0 Å². The Morgan fingerprint density at radius 1 is 1.55 bits per heavy atom. The normalized spacial score (nSPS) is 24.6. The van der Waals surface area contributed by atoms with Crippen LogP contribution < -0.4 is 0 Å². The molecule has 1 aliphatic heterocycles. The van der Waals surface area contributed by atoms with Gasteiger partial charge in [0.1, 0.15) is 11.7 Å². The number of thiol groups is 1. The molecule has 1 fully saturated rings. The summed E-state index contributed by atoms with van der Waals surface area (Å²) in [5, 5.41) is -0.433. The van der Waals surface area contributed by atoms with E-state index in [1.807, 2.05) is 0 Å². The van der Waals surface area contributed by atoms with E-state index in [-0.39, 0.29) is 18.2 Å². The first-order chi connectivity index (χ1) is 5.04. The third kappa shape index (κ3) is 1.35. The van der Waals surface area contributed by atoms with Crippen molar-refractivity contribution in [3.63, 3.8) is 0 Å². The van der Waals surface area contributed by atoms with Gasteiger partial charge in [0.25, 0.3) is 0 Å². The Bertz CT molecular complexity index is 253. The van der Waals surface area contributed by atoms with Gasteiger partial charge in [0.15, 0.2) is 5.71 Å². The molecule has 0 aliphatic carbocycles. The minimum Gasteiger partial charge on any atom is -0.219 e. The van der Waals surface area contributed by atoms with Crippen LogP contribution in [0.1, 0.15) is 20.3 Å². The average molecular weight is 172 g/mol. The number of carbonyl (C=O) groups is 2. The van der Waals surface area contributed by atoms with Crippen LogP contribution in [0, 0.1) is 0 Å². The van der Waals surface area contributed by atoms with Gasteiger partial charge in [0.05, 0.1) is 0 Å². The Hall–Kier alpha value is -0.640. The van der Waals surface area contributed by atoms with Crippen molar-refractivity contribution in [3.8, 4) is 0 Å². The van der Waals surface area contributed by atoms with E-state index in [1.54, 1.807) is 13.8 Å². The molecule has 1 heterocycles. The molecule has 0 bridgehead atoms. The van der Waals surface area contributed by atoms with Crippen molar-refractivity contribution >= 4 is 30.2 Å². The van der Waals surface area contributed by atoms with E-state index in [4.69, 9.17) is 0 Å². The van der Waals surface area contributed by atoms with Crippen molar-refractivity contribution in [1.29, 1.82) is 0 Å². The summed E-state index contributed by atoms with van der Waals surface area (Å²) in [6, 6.07) is 0. The zero-order valence-electron chi connectivity index (χ0n) is 6.50. The number of imide groups is 1. The summed E-state index contributed by atoms with van der Waals surface area (Å²) >= 11 is 3.98. The monoisotopic (exact) mass is 172 g/mol. The van der Waals surface area contributed by atoms with Crippen LogP contribution in [-0.4, -0.2) is 27.4 Å². The van der Waals surface area contributed by atoms with Crippen molar-refractivity contribution < 1.29 is 14.2 Å². The van der Waals surface area contributed by atoms with Crippen molar-refractivity contribution in [1.82, 2.24) is 0 Å². The van der Waals surface area contributed by atoms with Crippen LogP contribution in [0.2, 0.25) is 0 Å². The van der Waals surface area contributed by atoms with E-state index in [9.17, 15) is 9.59 Å². The summed E-state index contributed by atoms with van der Waals surface area (Å²) in [5.41, 5.74) is 0.719. The molecule has 0 spiro atoms. The molecule has 0 aromatic rings. The molecule has 11 heavy (non-hydrogen) atoms. The molecule has 0 saturated carbocycles. The van der Waals surface area contributed by atoms with Gasteiger partial charge in [0.2, 0.25) is 0 Å². The Kier molecular flexibility index (Phi) is 2.13. The number of nitrogens with zero attached hydrogens (tertiary/aromatic N) is 1. The maximum Gasteiger partial charge on any atom is 0.408 e. The van der Waals surface area contributed by atoms with Gasteiger partial charge >= 0.3 is 11.8 Å². The Balaban J connectivity index is 3.09. The topological polar surface area (TPSA) is 37.1 Å². The predicted octanol–water partition coefficient (Wildman–Crippen LogP) is 0.235. The van der Waals surface area contributed by atoms with Crippen LogP contribution in [0.5, 0.6) is 0 Å². The lowest BCUT2D eigenvalue weighted by atomic mass is 10.4. The van der Waals surface area contributed by atoms with E-state index in [2.05, 4.69) is 12.6 Å². The number of rotatable bonds is 0. The largest absolute Gasteiger partial charge is 0.408 e. The fourth-order valence-corrected chi connectivity index (χ4v) is 1.36. The minimum atomic E-state index is -0.433. The quantitative estimate of drug-likeness (QED) is 0.323. The third-order valence-electron chi connectivity index (χ3n) is 1.57. The van der Waals surface area contributed by atoms with Crippen molar-refractivity contribution in [2.24, 2.45) is 0 Å². The second kappa shape index (κ2) is 2.77. The molecule has 0 aromatic heterocycles. The van der Waals surface area contributed by atoms with Gasteiger partial charge in [0, 0.05) is 13.8 Å². The van der Waals surface area contributed by atoms with Gasteiger partial charge in [-0.1, -0.05) is 4.58 Å². The van der Waals surface area contributed by atoms with Crippen LogP contribution in [0.4, 0.5) is 0 Å². The van der Waals surface area contributed by atoms with Crippen LogP contribution in [0.25, 0.3) is 0 Å². The predicted molar refractivity (Wildman–Crippen MR) is 44.0 cm³/mol. The van der Waals surface area contributed by atoms with Crippen LogP contribution >= 0.6 is 12.6 Å². The molecule has 0 radical (unpaired) electrons. The highest BCUT2D eigenvalue weighted by Crippen LogP contribution is 2.13. The number of amides is 2. The molecule has 4 heteroatoms. The van der Waals surface area contributed by atoms with Gasteiger partial charge < -0.3 is 0 Å². The molecule has 1 aliphatic rings. The minimum absolute atomic E-state index is 0.144. The summed E-state index contributed by atoms with van der Waals surface area (Å²) in [5.74, 6) is -0.340. The van der Waals surface area contributed by atoms with Gasteiger partial charge in [-0.3, -0.25) is 0 Å². The van der Waals surface area contributed by atoms with E-state index in [0.29, 0.717) is 0 Å². The standard InChI is InChI=1S/C7H9NO2S/c1-4(2)8-6(9)3-5(11)7(8)10/h5H,3H2,1-2H3/p+1. The fraction of sp³-hybridized carbons (Fsp3) is 0.571. The maximum absolute atomic E-state index is 11.2. The van der Waals surface area contributed by atoms with Crippen LogP contribution in [0.3, 0.4) is 0 Å². The zero-order chi connectivity index (χ0) is 8.59. The van der Waals surface area contributed by atoms with E-state index in [0.717, 1.165) is 5.71 Å². The lowest BCUT2D eigenvalue weighted by Gasteiger charge is -1.88. The molecule has 1 saturated heterocycles. The molecule has 2 amide bonds. The highest BCUT2D eigenvalue weighted by atomic mass is 32.1. The first kappa shape index (κ1) is 8.46. The zero-order valence-corrected chi connectivity index (χ0v) is 7.39. The maximum atomic E-state index is 11.2. The molecular weight excluding hydrogens is 162 g/mol. The van der Waals surface area contributed by atoms with Gasteiger partial charge in [-0.05, 0) is 0 Å². The Morgan fingerprint density at radius 3 is 2.27 bits per heavy atom. The highest BCUT2D eigenvalue weighted by Gasteiger charge is 2.43. The first-order valence-corrected chi connectivity index (χ1v) is 3.90. The second-order valence-electron chi connectivity index (χ2n) is 2.73. The van der Waals surface area contributed by atoms with E-state index < -0.39 is 5.25 Å². The Morgan fingerprint density at radius 2 is 2.09 bits per heavy atom. The highest BCUT2D eigenvalue weighted by molar-refractivity contribution is 7.81. The molecule has 1 rings (SSSR count). The second-order valence-corrected chi connectivity index (χ2v) is 3.36. The molecule has 1 unspecified atom stereocenters. The smallest absolute Gasteiger partial charge is 0.219 e. The summed E-state index contributed by atoms with van der Waals surface area (Å²) in [6.07, 6.45) is 0.229. The van der Waals surface area contributed by atoms with Crippen LogP contribution in [0.15, 0.2) is 0 Å². The van der Waals surface area contributed by atoms with Crippen molar-refractivity contribution in [2.75, 3.05) is 0 Å². The van der Waals surface area contributed by atoms with E-state index >= 15 is 0 Å². The molecular formula is C7H10NO2S+. The third-order valence-corrected chi connectivity index (χ3v) is 1.97. The molecule has 1 atom stereocenters. The van der Waals surface area contributed by atoms with Crippen molar-refractivity contribution in [2.45, 2.75) is 25.5 Å². The van der Waals surface area contributed by atoms with Gasteiger partial charge in [-0.25, -0.2) is 9.59 Å². The molecule has 3 nitrogen and oxygen atoms in total. The summed E-state index contributed by atoms with van der Waals surface area (Å²) in [4.78, 5) is 22.2.